The molecule has 1 aromatic rings. The van der Waals surface area contributed by atoms with Crippen molar-refractivity contribution >= 4 is 5.91 Å². The minimum atomic E-state index is 0.0894. The largest absolute Gasteiger partial charge is 0.469 e. The van der Waals surface area contributed by atoms with E-state index in [9.17, 15) is 4.79 Å². The number of carbonyl (C=O) groups excluding carboxylic acids is 1. The third-order valence-corrected chi connectivity index (χ3v) is 4.64. The summed E-state index contributed by atoms with van der Waals surface area (Å²) in [5.41, 5.74) is 0.127. The van der Waals surface area contributed by atoms with Gasteiger partial charge >= 0.3 is 0 Å². The molecule has 4 nitrogen and oxygen atoms in total. The van der Waals surface area contributed by atoms with Crippen LogP contribution < -0.4 is 5.32 Å². The van der Waals surface area contributed by atoms with Crippen LogP contribution in [0.25, 0.3) is 0 Å². The molecule has 0 unspecified atom stereocenters. The molecule has 116 valence electrons. The zero-order valence-corrected chi connectivity index (χ0v) is 13.1. The van der Waals surface area contributed by atoms with E-state index in [1.54, 1.807) is 6.26 Å². The summed E-state index contributed by atoms with van der Waals surface area (Å²) in [6.07, 6.45) is 3.85. The molecule has 0 aromatic carbocycles. The van der Waals surface area contributed by atoms with Crippen molar-refractivity contribution in [2.45, 2.75) is 45.6 Å². The molecule has 0 spiro atoms. The average molecular weight is 291 g/mol. The van der Waals surface area contributed by atoms with Gasteiger partial charge in [-0.3, -0.25) is 4.79 Å². The van der Waals surface area contributed by atoms with Crippen LogP contribution >= 0.6 is 0 Å². The van der Waals surface area contributed by atoms with Crippen LogP contribution in [0, 0.1) is 17.3 Å². The van der Waals surface area contributed by atoms with Crippen LogP contribution in [0.1, 0.15) is 45.3 Å². The van der Waals surface area contributed by atoms with Crippen LogP contribution in [0.5, 0.6) is 0 Å². The Labute approximate surface area is 126 Å². The van der Waals surface area contributed by atoms with Crippen molar-refractivity contribution in [2.75, 3.05) is 13.2 Å². The second kappa shape index (κ2) is 5.48. The van der Waals surface area contributed by atoms with Gasteiger partial charge in [0.05, 0.1) is 12.4 Å². The molecule has 0 bridgehead atoms. The monoisotopic (exact) mass is 291 g/mol. The van der Waals surface area contributed by atoms with Gasteiger partial charge in [0, 0.05) is 30.9 Å². The van der Waals surface area contributed by atoms with E-state index in [2.05, 4.69) is 26.1 Å². The summed E-state index contributed by atoms with van der Waals surface area (Å²) in [4.78, 5) is 12.2. The molecular formula is C17H25NO3. The highest BCUT2D eigenvalue weighted by Gasteiger charge is 2.46. The van der Waals surface area contributed by atoms with Crippen molar-refractivity contribution in [2.24, 2.45) is 17.3 Å². The van der Waals surface area contributed by atoms with Crippen LogP contribution in [0.2, 0.25) is 0 Å². The van der Waals surface area contributed by atoms with Crippen LogP contribution in [-0.4, -0.2) is 25.2 Å². The fraction of sp³-hybridized carbons (Fsp3) is 0.706. The Balaban J connectivity index is 1.49. The lowest BCUT2D eigenvalue weighted by Crippen LogP contribution is -2.39. The highest BCUT2D eigenvalue weighted by molar-refractivity contribution is 5.82. The Hall–Kier alpha value is -1.29. The van der Waals surface area contributed by atoms with Crippen molar-refractivity contribution < 1.29 is 13.9 Å². The van der Waals surface area contributed by atoms with Gasteiger partial charge in [0.2, 0.25) is 5.91 Å². The summed E-state index contributed by atoms with van der Waals surface area (Å²) >= 11 is 0. The second-order valence-corrected chi connectivity index (χ2v) is 7.42. The Kier molecular flexibility index (Phi) is 3.82. The molecule has 1 amide bonds. The SMILES string of the molecule is CC(C)(C)[C@H]1OCC[C@@H]1CNC(=O)[C@H]1C[C@@H]1c1ccco1. The zero-order valence-electron chi connectivity index (χ0n) is 13.1. The molecule has 2 aliphatic rings. The Morgan fingerprint density at radius 3 is 2.90 bits per heavy atom. The minimum Gasteiger partial charge on any atom is -0.469 e. The number of furan rings is 1. The first-order valence-corrected chi connectivity index (χ1v) is 7.89. The van der Waals surface area contributed by atoms with Gasteiger partial charge in [0.1, 0.15) is 5.76 Å². The van der Waals surface area contributed by atoms with Gasteiger partial charge in [-0.25, -0.2) is 0 Å². The van der Waals surface area contributed by atoms with Crippen molar-refractivity contribution in [3.63, 3.8) is 0 Å². The fourth-order valence-electron chi connectivity index (χ4n) is 3.46. The lowest BCUT2D eigenvalue weighted by molar-refractivity contribution is -0.122. The van der Waals surface area contributed by atoms with E-state index in [-0.39, 0.29) is 29.3 Å². The molecule has 4 heteroatoms. The predicted octanol–water partition coefficient (Wildman–Crippen LogP) is 2.95. The van der Waals surface area contributed by atoms with Gasteiger partial charge in [-0.1, -0.05) is 20.8 Å². The minimum absolute atomic E-state index is 0.0894. The summed E-state index contributed by atoms with van der Waals surface area (Å²) < 4.78 is 11.2. The first kappa shape index (κ1) is 14.6. The molecule has 1 N–H and O–H groups in total. The molecule has 4 atom stereocenters. The topological polar surface area (TPSA) is 51.5 Å². The molecule has 1 aromatic heterocycles. The molecule has 2 fully saturated rings. The standard InChI is InChI=1S/C17H25NO3/c1-17(2,3)15-11(6-8-21-15)10-18-16(19)13-9-12(13)14-5-4-7-20-14/h4-5,7,11-13,15H,6,8-10H2,1-3H3,(H,18,19)/t11-,12+,13+,15+/m1/s1. The number of amides is 1. The van der Waals surface area contributed by atoms with Gasteiger partial charge < -0.3 is 14.5 Å². The van der Waals surface area contributed by atoms with Crippen molar-refractivity contribution in [3.8, 4) is 0 Å². The van der Waals surface area contributed by atoms with Gasteiger partial charge in [0.15, 0.2) is 0 Å². The third kappa shape index (κ3) is 3.15. The normalized spacial score (nSPS) is 32.1. The van der Waals surface area contributed by atoms with E-state index in [0.29, 0.717) is 5.92 Å². The molecule has 1 aliphatic carbocycles. The highest BCUT2D eigenvalue weighted by Crippen LogP contribution is 2.47. The van der Waals surface area contributed by atoms with Gasteiger partial charge in [-0.05, 0) is 30.4 Å². The summed E-state index contributed by atoms with van der Waals surface area (Å²) in [7, 11) is 0. The molecule has 1 saturated carbocycles. The van der Waals surface area contributed by atoms with E-state index < -0.39 is 0 Å². The maximum atomic E-state index is 12.2. The quantitative estimate of drug-likeness (QED) is 0.928. The first-order valence-electron chi connectivity index (χ1n) is 7.89. The molecular weight excluding hydrogens is 266 g/mol. The van der Waals surface area contributed by atoms with E-state index in [1.807, 2.05) is 12.1 Å². The van der Waals surface area contributed by atoms with Crippen molar-refractivity contribution in [3.05, 3.63) is 24.2 Å². The number of hydrogen-bond donors (Lipinski definition) is 1. The van der Waals surface area contributed by atoms with Crippen LogP contribution in [0.15, 0.2) is 22.8 Å². The molecule has 21 heavy (non-hydrogen) atoms. The second-order valence-electron chi connectivity index (χ2n) is 7.42. The smallest absolute Gasteiger partial charge is 0.223 e. The van der Waals surface area contributed by atoms with Crippen molar-refractivity contribution in [1.82, 2.24) is 5.32 Å². The fourth-order valence-corrected chi connectivity index (χ4v) is 3.46. The van der Waals surface area contributed by atoms with Gasteiger partial charge in [-0.2, -0.15) is 0 Å². The predicted molar refractivity (Wildman–Crippen MR) is 79.9 cm³/mol. The van der Waals surface area contributed by atoms with Gasteiger partial charge in [0.25, 0.3) is 0 Å². The summed E-state index contributed by atoms with van der Waals surface area (Å²) in [5.74, 6) is 1.89. The summed E-state index contributed by atoms with van der Waals surface area (Å²) in [6, 6.07) is 3.84. The summed E-state index contributed by atoms with van der Waals surface area (Å²) in [6.45, 7) is 8.13. The van der Waals surface area contributed by atoms with Crippen molar-refractivity contribution in [1.29, 1.82) is 0 Å². The highest BCUT2D eigenvalue weighted by atomic mass is 16.5. The number of carbonyl (C=O) groups is 1. The van der Waals surface area contributed by atoms with Gasteiger partial charge in [-0.15, -0.1) is 0 Å². The Morgan fingerprint density at radius 1 is 1.43 bits per heavy atom. The average Bonchev–Trinajstić information content (AvgIpc) is 2.88. The molecule has 2 heterocycles. The lowest BCUT2D eigenvalue weighted by atomic mass is 9.81. The van der Waals surface area contributed by atoms with E-state index in [1.165, 1.54) is 0 Å². The van der Waals surface area contributed by atoms with Crippen LogP contribution in [0.3, 0.4) is 0 Å². The maximum absolute atomic E-state index is 12.2. The molecule has 1 saturated heterocycles. The number of ether oxygens (including phenoxy) is 1. The Morgan fingerprint density at radius 2 is 2.24 bits per heavy atom. The Bertz CT molecular complexity index is 489. The molecule has 1 aliphatic heterocycles. The zero-order chi connectivity index (χ0) is 15.0. The van der Waals surface area contributed by atoms with E-state index >= 15 is 0 Å². The van der Waals surface area contributed by atoms with Crippen LogP contribution in [-0.2, 0) is 9.53 Å². The number of rotatable bonds is 4. The number of hydrogen-bond acceptors (Lipinski definition) is 3. The number of nitrogens with one attached hydrogen (secondary N) is 1. The van der Waals surface area contributed by atoms with Crippen LogP contribution in [0.4, 0.5) is 0 Å². The first-order chi connectivity index (χ1) is 9.97. The molecule has 0 radical (unpaired) electrons. The third-order valence-electron chi connectivity index (χ3n) is 4.64. The van der Waals surface area contributed by atoms with E-state index in [4.69, 9.17) is 9.15 Å². The van der Waals surface area contributed by atoms with E-state index in [0.717, 1.165) is 31.8 Å². The maximum Gasteiger partial charge on any atom is 0.223 e. The lowest BCUT2D eigenvalue weighted by Gasteiger charge is -2.31. The molecule has 3 rings (SSSR count). The summed E-state index contributed by atoms with van der Waals surface area (Å²) in [5, 5.41) is 3.12.